The Kier molecular flexibility index (Phi) is 23.3. The third kappa shape index (κ3) is 16.6. The molecule has 0 bridgehead atoms. The average Bonchev–Trinajstić information content (AvgIpc) is 3.27. The van der Waals surface area contributed by atoms with Crippen LogP contribution in [0.1, 0.15) is 123 Å². The summed E-state index contributed by atoms with van der Waals surface area (Å²) in [6, 6.07) is 0. The first-order valence-electron chi connectivity index (χ1n) is 16.6. The number of carbonyl (C=O) groups excluding carboxylic acids is 2. The van der Waals surface area contributed by atoms with Crippen molar-refractivity contribution in [3.63, 3.8) is 0 Å². The highest BCUT2D eigenvalue weighted by Crippen LogP contribution is 2.24. The van der Waals surface area contributed by atoms with Gasteiger partial charge < -0.3 is 39.4 Å². The molecule has 0 aliphatic carbocycles. The Labute approximate surface area is 253 Å². The molecule has 1 saturated heterocycles. The lowest BCUT2D eigenvalue weighted by molar-refractivity contribution is -0.165. The molecule has 1 heterocycles. The molecule has 4 unspecified atom stereocenters. The predicted molar refractivity (Wildman–Crippen MR) is 160 cm³/mol. The third-order valence-corrected chi connectivity index (χ3v) is 7.77. The van der Waals surface area contributed by atoms with Gasteiger partial charge in [0.05, 0.1) is 32.0 Å². The van der Waals surface area contributed by atoms with Gasteiger partial charge in [0.15, 0.2) is 12.2 Å². The van der Waals surface area contributed by atoms with Crippen molar-refractivity contribution >= 4 is 11.8 Å². The fourth-order valence-electron chi connectivity index (χ4n) is 5.16. The minimum absolute atomic E-state index is 0.0281. The summed E-state index contributed by atoms with van der Waals surface area (Å²) in [5, 5.41) is 40.2. The van der Waals surface area contributed by atoms with E-state index < -0.39 is 61.6 Å². The number of hydrogen-bond acceptors (Lipinski definition) is 10. The van der Waals surface area contributed by atoms with Gasteiger partial charge in [0, 0.05) is 19.6 Å². The summed E-state index contributed by atoms with van der Waals surface area (Å²) in [5.74, 6) is -2.15. The maximum atomic E-state index is 12.5. The quantitative estimate of drug-likeness (QED) is 0.0560. The molecule has 0 amide bonds. The van der Waals surface area contributed by atoms with E-state index in [9.17, 15) is 30.0 Å². The molecule has 0 aromatic heterocycles. The number of cyclic esters (lactones) is 1. The van der Waals surface area contributed by atoms with Crippen molar-refractivity contribution in [2.24, 2.45) is 0 Å². The van der Waals surface area contributed by atoms with E-state index in [0.29, 0.717) is 13.2 Å². The first-order valence-corrected chi connectivity index (χ1v) is 16.6. The Balaban J connectivity index is 2.57. The average molecular weight is 605 g/mol. The van der Waals surface area contributed by atoms with Crippen LogP contribution in [0, 0.1) is 0 Å². The second-order valence-corrected chi connectivity index (χ2v) is 11.6. The maximum absolute atomic E-state index is 12.5. The van der Waals surface area contributed by atoms with Crippen LogP contribution in [0.15, 0.2) is 0 Å². The van der Waals surface area contributed by atoms with Crippen LogP contribution in [-0.4, -0.2) is 102 Å². The van der Waals surface area contributed by atoms with Crippen LogP contribution in [0.5, 0.6) is 0 Å². The van der Waals surface area contributed by atoms with Crippen molar-refractivity contribution in [2.75, 3.05) is 33.0 Å². The molecule has 10 nitrogen and oxygen atoms in total. The van der Waals surface area contributed by atoms with Crippen LogP contribution in [0.25, 0.3) is 0 Å². The molecule has 0 aromatic carbocycles. The standard InChI is InChI=1S/C32H60O10/c1-3-5-7-9-11-12-13-14-15-17-19-39-24-25(35)21-27(28(23-34)40-20-18-16-10-8-6-4-2)41-31-29(37)32(38)42-30(31)26(36)22-33/h25-28,30-31,33-36H,3-24H2,1-2H3/t25?,26-,27?,28?,30+,31?/m0/s1. The van der Waals surface area contributed by atoms with Gasteiger partial charge in [-0.2, -0.15) is 0 Å². The van der Waals surface area contributed by atoms with Crippen molar-refractivity contribution in [3.8, 4) is 0 Å². The maximum Gasteiger partial charge on any atom is 0.378 e. The van der Waals surface area contributed by atoms with Gasteiger partial charge in [-0.05, 0) is 12.8 Å². The highest BCUT2D eigenvalue weighted by atomic mass is 16.6. The summed E-state index contributed by atoms with van der Waals surface area (Å²) < 4.78 is 22.4. The minimum Gasteiger partial charge on any atom is -0.450 e. The second kappa shape index (κ2) is 25.2. The van der Waals surface area contributed by atoms with E-state index in [1.54, 1.807) is 0 Å². The van der Waals surface area contributed by atoms with Gasteiger partial charge in [-0.3, -0.25) is 4.79 Å². The zero-order valence-electron chi connectivity index (χ0n) is 26.3. The number of Topliss-reactive ketones (excluding diaryl/α,β-unsaturated/α-hetero) is 1. The zero-order chi connectivity index (χ0) is 31.0. The lowest BCUT2D eigenvalue weighted by atomic mass is 10.0. The predicted octanol–water partition coefficient (Wildman–Crippen LogP) is 4.01. The van der Waals surface area contributed by atoms with Gasteiger partial charge in [-0.25, -0.2) is 4.79 Å². The lowest BCUT2D eigenvalue weighted by Gasteiger charge is -2.31. The summed E-state index contributed by atoms with van der Waals surface area (Å²) in [6.07, 6.45) is 11.3. The molecule has 0 spiro atoms. The first-order chi connectivity index (χ1) is 20.4. The van der Waals surface area contributed by atoms with Crippen molar-refractivity contribution in [1.82, 2.24) is 0 Å². The molecule has 0 radical (unpaired) electrons. The second-order valence-electron chi connectivity index (χ2n) is 11.6. The fourth-order valence-corrected chi connectivity index (χ4v) is 5.16. The van der Waals surface area contributed by atoms with Crippen molar-refractivity contribution in [2.45, 2.75) is 160 Å². The smallest absolute Gasteiger partial charge is 0.378 e. The molecule has 1 aliphatic heterocycles. The number of aliphatic hydroxyl groups is 4. The third-order valence-electron chi connectivity index (χ3n) is 7.77. The Bertz CT molecular complexity index is 676. The SMILES string of the molecule is CCCCCCCCCCCCOCC(O)CC(OC1C(=O)C(=O)O[C@@H]1[C@@H](O)CO)C(CO)OCCCCCCCC. The Morgan fingerprint density at radius 1 is 0.714 bits per heavy atom. The van der Waals surface area contributed by atoms with E-state index >= 15 is 0 Å². The summed E-state index contributed by atoms with van der Waals surface area (Å²) >= 11 is 0. The number of rotatable bonds is 29. The van der Waals surface area contributed by atoms with Crippen LogP contribution in [0.4, 0.5) is 0 Å². The summed E-state index contributed by atoms with van der Waals surface area (Å²) in [5.41, 5.74) is 0. The van der Waals surface area contributed by atoms with Crippen LogP contribution in [0.3, 0.4) is 0 Å². The van der Waals surface area contributed by atoms with Gasteiger partial charge in [0.25, 0.3) is 5.78 Å². The molecule has 10 heteroatoms. The number of ketones is 1. The molecule has 1 aliphatic rings. The van der Waals surface area contributed by atoms with Crippen LogP contribution in [0.2, 0.25) is 0 Å². The van der Waals surface area contributed by atoms with Crippen molar-refractivity contribution in [3.05, 3.63) is 0 Å². The zero-order valence-corrected chi connectivity index (χ0v) is 26.3. The molecule has 1 rings (SSSR count). The topological polar surface area (TPSA) is 152 Å². The van der Waals surface area contributed by atoms with E-state index in [0.717, 1.165) is 44.9 Å². The summed E-state index contributed by atoms with van der Waals surface area (Å²) in [7, 11) is 0. The highest BCUT2D eigenvalue weighted by Gasteiger charge is 2.49. The normalized spacial score (nSPS) is 20.0. The van der Waals surface area contributed by atoms with E-state index in [2.05, 4.69) is 13.8 Å². The fraction of sp³-hybridized carbons (Fsp3) is 0.938. The number of esters is 1. The lowest BCUT2D eigenvalue weighted by Crippen LogP contribution is -2.47. The molecular formula is C32H60O10. The van der Waals surface area contributed by atoms with Gasteiger partial charge in [-0.1, -0.05) is 104 Å². The number of aliphatic hydroxyl groups excluding tert-OH is 4. The van der Waals surface area contributed by atoms with Gasteiger partial charge in [-0.15, -0.1) is 0 Å². The van der Waals surface area contributed by atoms with E-state index in [4.69, 9.17) is 18.9 Å². The van der Waals surface area contributed by atoms with Crippen LogP contribution in [-0.2, 0) is 28.5 Å². The molecule has 1 fully saturated rings. The first kappa shape index (κ1) is 38.9. The van der Waals surface area contributed by atoms with Gasteiger partial charge in [0.1, 0.15) is 12.2 Å². The number of ether oxygens (including phenoxy) is 4. The molecule has 6 atom stereocenters. The number of carbonyl (C=O) groups is 2. The van der Waals surface area contributed by atoms with Crippen molar-refractivity contribution in [1.29, 1.82) is 0 Å². The largest absolute Gasteiger partial charge is 0.450 e. The summed E-state index contributed by atoms with van der Waals surface area (Å²) in [6.45, 7) is 4.14. The molecular weight excluding hydrogens is 544 g/mol. The monoisotopic (exact) mass is 604 g/mol. The van der Waals surface area contributed by atoms with Gasteiger partial charge in [0.2, 0.25) is 0 Å². The molecule has 4 N–H and O–H groups in total. The summed E-state index contributed by atoms with van der Waals surface area (Å²) in [4.78, 5) is 24.4. The number of hydrogen-bond donors (Lipinski definition) is 4. The molecule has 0 saturated carbocycles. The minimum atomic E-state index is -1.52. The highest BCUT2D eigenvalue weighted by molar-refractivity contribution is 6.37. The molecule has 0 aromatic rings. The Hall–Kier alpha value is -1.14. The number of unbranched alkanes of at least 4 members (excludes halogenated alkanes) is 14. The van der Waals surface area contributed by atoms with Crippen LogP contribution >= 0.6 is 0 Å². The van der Waals surface area contributed by atoms with E-state index in [1.807, 2.05) is 0 Å². The van der Waals surface area contributed by atoms with Gasteiger partial charge >= 0.3 is 5.97 Å². The molecule has 42 heavy (non-hydrogen) atoms. The van der Waals surface area contributed by atoms with E-state index in [-0.39, 0.29) is 13.0 Å². The van der Waals surface area contributed by atoms with Crippen molar-refractivity contribution < 1.29 is 49.0 Å². The van der Waals surface area contributed by atoms with Crippen LogP contribution < -0.4 is 0 Å². The Morgan fingerprint density at radius 3 is 1.76 bits per heavy atom. The van der Waals surface area contributed by atoms with E-state index in [1.165, 1.54) is 57.8 Å². The molecule has 248 valence electrons. The Morgan fingerprint density at radius 2 is 1.24 bits per heavy atom.